The fourth-order valence-corrected chi connectivity index (χ4v) is 1.82. The zero-order valence-corrected chi connectivity index (χ0v) is 11.3. The van der Waals surface area contributed by atoms with Crippen LogP contribution in [-0.4, -0.2) is 5.91 Å². The van der Waals surface area contributed by atoms with Gasteiger partial charge in [-0.05, 0) is 48.7 Å². The standard InChI is InChI=1S/C15H14N4O/c1-10-7-8-12(9-11(10)2)17-15(20)13-5-3-4-6-14(13)18-19-16/h3-9H,1-2H3,(H,17,20). The quantitative estimate of drug-likeness (QED) is 0.495. The molecule has 5 nitrogen and oxygen atoms in total. The molecule has 0 bridgehead atoms. The normalized spacial score (nSPS) is 9.70. The van der Waals surface area contributed by atoms with Crippen LogP contribution >= 0.6 is 0 Å². The Hall–Kier alpha value is -2.78. The lowest BCUT2D eigenvalue weighted by atomic mass is 10.1. The zero-order valence-electron chi connectivity index (χ0n) is 11.3. The van der Waals surface area contributed by atoms with Gasteiger partial charge in [-0.25, -0.2) is 0 Å². The van der Waals surface area contributed by atoms with E-state index in [-0.39, 0.29) is 5.91 Å². The number of hydrogen-bond acceptors (Lipinski definition) is 2. The first-order valence-electron chi connectivity index (χ1n) is 6.14. The predicted octanol–water partition coefficient (Wildman–Crippen LogP) is 4.50. The number of rotatable bonds is 3. The van der Waals surface area contributed by atoms with Gasteiger partial charge in [0.1, 0.15) is 0 Å². The van der Waals surface area contributed by atoms with E-state index >= 15 is 0 Å². The van der Waals surface area contributed by atoms with Gasteiger partial charge in [0, 0.05) is 16.2 Å². The number of carbonyl (C=O) groups excluding carboxylic acids is 1. The van der Waals surface area contributed by atoms with Gasteiger partial charge in [-0.1, -0.05) is 29.4 Å². The van der Waals surface area contributed by atoms with Crippen molar-refractivity contribution in [1.82, 2.24) is 0 Å². The second kappa shape index (κ2) is 5.91. The van der Waals surface area contributed by atoms with Gasteiger partial charge < -0.3 is 5.32 Å². The highest BCUT2D eigenvalue weighted by atomic mass is 16.1. The van der Waals surface area contributed by atoms with E-state index in [1.165, 1.54) is 0 Å². The first kappa shape index (κ1) is 13.6. The van der Waals surface area contributed by atoms with E-state index in [1.54, 1.807) is 24.3 Å². The molecule has 0 aliphatic rings. The van der Waals surface area contributed by atoms with E-state index in [0.717, 1.165) is 11.1 Å². The predicted molar refractivity (Wildman–Crippen MR) is 79.1 cm³/mol. The minimum atomic E-state index is -0.295. The van der Waals surface area contributed by atoms with Crippen LogP contribution in [0.15, 0.2) is 47.6 Å². The molecule has 20 heavy (non-hydrogen) atoms. The third-order valence-electron chi connectivity index (χ3n) is 3.07. The molecule has 100 valence electrons. The molecular weight excluding hydrogens is 252 g/mol. The Kier molecular flexibility index (Phi) is 4.03. The molecule has 2 aromatic carbocycles. The van der Waals surface area contributed by atoms with Crippen molar-refractivity contribution in [3.63, 3.8) is 0 Å². The minimum absolute atomic E-state index is 0.295. The summed E-state index contributed by atoms with van der Waals surface area (Å²) in [6, 6.07) is 12.4. The molecule has 0 heterocycles. The van der Waals surface area contributed by atoms with Crippen LogP contribution in [0.3, 0.4) is 0 Å². The van der Waals surface area contributed by atoms with Crippen molar-refractivity contribution >= 4 is 17.3 Å². The van der Waals surface area contributed by atoms with Gasteiger partial charge in [-0.15, -0.1) is 0 Å². The average molecular weight is 266 g/mol. The number of azide groups is 1. The summed E-state index contributed by atoms with van der Waals surface area (Å²) in [7, 11) is 0. The molecule has 0 aromatic heterocycles. The first-order valence-corrected chi connectivity index (χ1v) is 6.14. The molecule has 0 spiro atoms. The number of nitrogens with one attached hydrogen (secondary N) is 1. The SMILES string of the molecule is Cc1ccc(NC(=O)c2ccccc2N=[N+]=[N-])cc1C. The van der Waals surface area contributed by atoms with Crippen LogP contribution in [0.2, 0.25) is 0 Å². The molecule has 1 amide bonds. The average Bonchev–Trinajstić information content (AvgIpc) is 2.44. The van der Waals surface area contributed by atoms with Gasteiger partial charge in [-0.2, -0.15) is 0 Å². The summed E-state index contributed by atoms with van der Waals surface area (Å²) in [5.74, 6) is -0.295. The Morgan fingerprint density at radius 2 is 1.90 bits per heavy atom. The number of nitrogens with zero attached hydrogens (tertiary/aromatic N) is 3. The third kappa shape index (κ3) is 2.96. The van der Waals surface area contributed by atoms with E-state index < -0.39 is 0 Å². The van der Waals surface area contributed by atoms with Crippen LogP contribution in [0, 0.1) is 13.8 Å². The highest BCUT2D eigenvalue weighted by Crippen LogP contribution is 2.21. The number of benzene rings is 2. The van der Waals surface area contributed by atoms with Crippen molar-refractivity contribution < 1.29 is 4.79 Å². The van der Waals surface area contributed by atoms with E-state index in [0.29, 0.717) is 16.9 Å². The van der Waals surface area contributed by atoms with Gasteiger partial charge in [0.2, 0.25) is 0 Å². The molecular formula is C15H14N4O. The lowest BCUT2D eigenvalue weighted by Crippen LogP contribution is -2.12. The summed E-state index contributed by atoms with van der Waals surface area (Å²) < 4.78 is 0. The van der Waals surface area contributed by atoms with Crippen LogP contribution < -0.4 is 5.32 Å². The Labute approximate surface area is 116 Å². The van der Waals surface area contributed by atoms with Crippen molar-refractivity contribution in [2.75, 3.05) is 5.32 Å². The van der Waals surface area contributed by atoms with Crippen LogP contribution in [0.1, 0.15) is 21.5 Å². The summed E-state index contributed by atoms with van der Waals surface area (Å²) in [6.45, 7) is 4.00. The monoisotopic (exact) mass is 266 g/mol. The Balaban J connectivity index is 2.28. The molecule has 5 heteroatoms. The number of hydrogen-bond donors (Lipinski definition) is 1. The molecule has 0 aliphatic heterocycles. The van der Waals surface area contributed by atoms with Crippen molar-refractivity contribution in [2.24, 2.45) is 5.11 Å². The Morgan fingerprint density at radius 3 is 2.60 bits per heavy atom. The van der Waals surface area contributed by atoms with E-state index in [4.69, 9.17) is 5.53 Å². The number of carbonyl (C=O) groups is 1. The van der Waals surface area contributed by atoms with Gasteiger partial charge >= 0.3 is 0 Å². The molecule has 0 radical (unpaired) electrons. The molecule has 0 fully saturated rings. The third-order valence-corrected chi connectivity index (χ3v) is 3.07. The van der Waals surface area contributed by atoms with Crippen molar-refractivity contribution in [2.45, 2.75) is 13.8 Å². The maximum absolute atomic E-state index is 12.2. The van der Waals surface area contributed by atoms with Crippen molar-refractivity contribution in [1.29, 1.82) is 0 Å². The topological polar surface area (TPSA) is 77.9 Å². The summed E-state index contributed by atoms with van der Waals surface area (Å²) in [5, 5.41) is 6.32. The number of amides is 1. The summed E-state index contributed by atoms with van der Waals surface area (Å²) in [6.07, 6.45) is 0. The van der Waals surface area contributed by atoms with Gasteiger partial charge in [0.05, 0.1) is 5.69 Å². The molecule has 0 saturated carbocycles. The van der Waals surface area contributed by atoms with Crippen LogP contribution in [-0.2, 0) is 0 Å². The first-order chi connectivity index (χ1) is 9.61. The molecule has 0 unspecified atom stereocenters. The van der Waals surface area contributed by atoms with Gasteiger partial charge in [0.25, 0.3) is 5.91 Å². The Bertz CT molecular complexity index is 703. The van der Waals surface area contributed by atoms with E-state index in [1.807, 2.05) is 32.0 Å². The van der Waals surface area contributed by atoms with E-state index in [9.17, 15) is 4.79 Å². The second-order valence-corrected chi connectivity index (χ2v) is 4.46. The van der Waals surface area contributed by atoms with Gasteiger partial charge in [0.15, 0.2) is 0 Å². The van der Waals surface area contributed by atoms with Crippen LogP contribution in [0.25, 0.3) is 10.4 Å². The maximum atomic E-state index is 12.2. The lowest BCUT2D eigenvalue weighted by molar-refractivity contribution is 0.102. The fourth-order valence-electron chi connectivity index (χ4n) is 1.82. The maximum Gasteiger partial charge on any atom is 0.256 e. The molecule has 1 N–H and O–H groups in total. The minimum Gasteiger partial charge on any atom is -0.322 e. The second-order valence-electron chi connectivity index (χ2n) is 4.46. The highest BCUT2D eigenvalue weighted by Gasteiger charge is 2.10. The molecule has 2 aromatic rings. The van der Waals surface area contributed by atoms with E-state index in [2.05, 4.69) is 15.3 Å². The smallest absolute Gasteiger partial charge is 0.256 e. The fraction of sp³-hybridized carbons (Fsp3) is 0.133. The highest BCUT2D eigenvalue weighted by molar-refractivity contribution is 6.07. The lowest BCUT2D eigenvalue weighted by Gasteiger charge is -2.09. The summed E-state index contributed by atoms with van der Waals surface area (Å²) in [5.41, 5.74) is 12.2. The Morgan fingerprint density at radius 1 is 1.15 bits per heavy atom. The number of anilines is 1. The van der Waals surface area contributed by atoms with Crippen molar-refractivity contribution in [3.05, 3.63) is 69.6 Å². The van der Waals surface area contributed by atoms with Crippen molar-refractivity contribution in [3.8, 4) is 0 Å². The summed E-state index contributed by atoms with van der Waals surface area (Å²) >= 11 is 0. The molecule has 0 aliphatic carbocycles. The summed E-state index contributed by atoms with van der Waals surface area (Å²) in [4.78, 5) is 14.9. The largest absolute Gasteiger partial charge is 0.322 e. The van der Waals surface area contributed by atoms with Crippen LogP contribution in [0.4, 0.5) is 11.4 Å². The number of aryl methyl sites for hydroxylation is 2. The molecule has 0 atom stereocenters. The van der Waals surface area contributed by atoms with Gasteiger partial charge in [-0.3, -0.25) is 4.79 Å². The van der Waals surface area contributed by atoms with Crippen LogP contribution in [0.5, 0.6) is 0 Å². The molecule has 2 rings (SSSR count). The molecule has 0 saturated heterocycles. The zero-order chi connectivity index (χ0) is 14.5.